The van der Waals surface area contributed by atoms with E-state index in [4.69, 9.17) is 5.41 Å². The summed E-state index contributed by atoms with van der Waals surface area (Å²) in [6.45, 7) is 7.02. The van der Waals surface area contributed by atoms with Crippen LogP contribution < -0.4 is 0 Å². The maximum atomic E-state index is 9.92. The Bertz CT molecular complexity index is 350. The molecule has 0 radical (unpaired) electrons. The van der Waals surface area contributed by atoms with Crippen molar-refractivity contribution in [1.29, 1.82) is 5.41 Å². The second kappa shape index (κ2) is 6.28. The molecule has 0 amide bonds. The van der Waals surface area contributed by atoms with Gasteiger partial charge in [-0.25, -0.2) is 0 Å². The maximum Gasteiger partial charge on any atom is 0.128 e. The Kier molecular flexibility index (Phi) is 4.99. The molecule has 0 aliphatic rings. The van der Waals surface area contributed by atoms with Crippen molar-refractivity contribution in [3.8, 4) is 5.75 Å². The van der Waals surface area contributed by atoms with Gasteiger partial charge < -0.3 is 10.5 Å². The molecule has 2 N–H and O–H groups in total. The van der Waals surface area contributed by atoms with Crippen LogP contribution in [-0.4, -0.2) is 29.3 Å². The number of para-hydroxylation sites is 1. The van der Waals surface area contributed by atoms with Gasteiger partial charge in [0.15, 0.2) is 0 Å². The van der Waals surface area contributed by atoms with Crippen LogP contribution in [0, 0.1) is 5.41 Å². The lowest BCUT2D eigenvalue weighted by Gasteiger charge is -2.20. The molecule has 0 unspecified atom stereocenters. The predicted molar refractivity (Wildman–Crippen MR) is 67.2 cm³/mol. The first kappa shape index (κ1) is 12.7. The molecule has 88 valence electrons. The van der Waals surface area contributed by atoms with Crippen molar-refractivity contribution in [3.63, 3.8) is 0 Å². The van der Waals surface area contributed by atoms with E-state index in [1.807, 2.05) is 12.1 Å². The normalized spacial score (nSPS) is 10.7. The van der Waals surface area contributed by atoms with E-state index in [1.165, 1.54) is 6.21 Å². The molecule has 1 rings (SSSR count). The summed E-state index contributed by atoms with van der Waals surface area (Å²) in [6, 6.07) is 5.55. The summed E-state index contributed by atoms with van der Waals surface area (Å²) < 4.78 is 0. The quantitative estimate of drug-likeness (QED) is 0.724. The van der Waals surface area contributed by atoms with Crippen molar-refractivity contribution in [2.24, 2.45) is 0 Å². The van der Waals surface area contributed by atoms with Gasteiger partial charge in [0.25, 0.3) is 0 Å². The summed E-state index contributed by atoms with van der Waals surface area (Å²) in [5.74, 6) is 0.243. The first-order valence-electron chi connectivity index (χ1n) is 5.76. The third-order valence-corrected chi connectivity index (χ3v) is 2.69. The molecule has 0 spiro atoms. The van der Waals surface area contributed by atoms with Crippen molar-refractivity contribution in [2.75, 3.05) is 13.1 Å². The van der Waals surface area contributed by atoms with Gasteiger partial charge in [-0.05, 0) is 25.6 Å². The van der Waals surface area contributed by atoms with Crippen LogP contribution in [0.2, 0.25) is 0 Å². The van der Waals surface area contributed by atoms with Crippen LogP contribution in [0.1, 0.15) is 31.4 Å². The van der Waals surface area contributed by atoms with Gasteiger partial charge in [0.05, 0.1) is 0 Å². The molecule has 0 aliphatic heterocycles. The van der Waals surface area contributed by atoms with Crippen LogP contribution in [0.5, 0.6) is 5.75 Å². The van der Waals surface area contributed by atoms with Gasteiger partial charge in [-0.15, -0.1) is 0 Å². The summed E-state index contributed by atoms with van der Waals surface area (Å²) in [7, 11) is 0. The third kappa shape index (κ3) is 3.07. The molecule has 1 aromatic carbocycles. The lowest BCUT2D eigenvalue weighted by molar-refractivity contribution is 0.276. The molecular formula is C13H20N2O. The maximum absolute atomic E-state index is 9.92. The second-order valence-corrected chi connectivity index (χ2v) is 3.87. The predicted octanol–water partition coefficient (Wildman–Crippen LogP) is 2.62. The smallest absolute Gasteiger partial charge is 0.128 e. The number of aromatic hydroxyl groups is 1. The highest BCUT2D eigenvalue weighted by Crippen LogP contribution is 2.22. The monoisotopic (exact) mass is 220 g/mol. The lowest BCUT2D eigenvalue weighted by atomic mass is 10.1. The average Bonchev–Trinajstić information content (AvgIpc) is 2.31. The number of benzene rings is 1. The number of nitrogens with zero attached hydrogens (tertiary/aromatic N) is 1. The van der Waals surface area contributed by atoms with Gasteiger partial charge in [0.2, 0.25) is 0 Å². The average molecular weight is 220 g/mol. The standard InChI is InChI=1S/C13H20N2O/c1-3-8-15(4-2)10-12-7-5-6-11(9-14)13(12)16/h5-7,9,14,16H,3-4,8,10H2,1-2H3. The third-order valence-electron chi connectivity index (χ3n) is 2.69. The fraction of sp³-hybridized carbons (Fsp3) is 0.462. The van der Waals surface area contributed by atoms with Crippen molar-refractivity contribution in [3.05, 3.63) is 29.3 Å². The van der Waals surface area contributed by atoms with Crippen molar-refractivity contribution >= 4 is 6.21 Å². The van der Waals surface area contributed by atoms with Gasteiger partial charge >= 0.3 is 0 Å². The van der Waals surface area contributed by atoms with Crippen LogP contribution in [0.4, 0.5) is 0 Å². The molecule has 0 aromatic heterocycles. The van der Waals surface area contributed by atoms with E-state index in [-0.39, 0.29) is 5.75 Å². The zero-order valence-corrected chi connectivity index (χ0v) is 10.0. The van der Waals surface area contributed by atoms with Crippen molar-refractivity contribution in [1.82, 2.24) is 4.90 Å². The minimum atomic E-state index is 0.243. The highest BCUT2D eigenvalue weighted by Gasteiger charge is 2.08. The summed E-state index contributed by atoms with van der Waals surface area (Å²) in [5, 5.41) is 17.1. The minimum absolute atomic E-state index is 0.243. The fourth-order valence-corrected chi connectivity index (χ4v) is 1.76. The molecule has 0 atom stereocenters. The SMILES string of the molecule is CCCN(CC)Cc1cccc(C=N)c1O. The molecule has 0 heterocycles. The van der Waals surface area contributed by atoms with E-state index >= 15 is 0 Å². The lowest BCUT2D eigenvalue weighted by Crippen LogP contribution is -2.23. The van der Waals surface area contributed by atoms with Gasteiger partial charge in [-0.2, -0.15) is 0 Å². The summed E-state index contributed by atoms with van der Waals surface area (Å²) in [6.07, 6.45) is 2.30. The Balaban J connectivity index is 2.83. The van der Waals surface area contributed by atoms with E-state index < -0.39 is 0 Å². The molecule has 1 aromatic rings. The highest BCUT2D eigenvalue weighted by atomic mass is 16.3. The van der Waals surface area contributed by atoms with Crippen molar-refractivity contribution < 1.29 is 5.11 Å². The molecule has 0 aliphatic carbocycles. The van der Waals surface area contributed by atoms with Gasteiger partial charge in [-0.3, -0.25) is 4.90 Å². The Morgan fingerprint density at radius 1 is 1.38 bits per heavy atom. The summed E-state index contributed by atoms with van der Waals surface area (Å²) in [4.78, 5) is 2.28. The molecule has 3 nitrogen and oxygen atoms in total. The van der Waals surface area contributed by atoms with Crippen LogP contribution in [0.15, 0.2) is 18.2 Å². The molecule has 0 bridgehead atoms. The first-order valence-corrected chi connectivity index (χ1v) is 5.76. The molecule has 0 saturated carbocycles. The van der Waals surface area contributed by atoms with Gasteiger partial charge in [0.1, 0.15) is 5.75 Å². The molecule has 0 fully saturated rings. The van der Waals surface area contributed by atoms with E-state index in [2.05, 4.69) is 18.7 Å². The first-order chi connectivity index (χ1) is 7.72. The summed E-state index contributed by atoms with van der Waals surface area (Å²) in [5.41, 5.74) is 1.49. The fourth-order valence-electron chi connectivity index (χ4n) is 1.76. The second-order valence-electron chi connectivity index (χ2n) is 3.87. The number of hydrogen-bond donors (Lipinski definition) is 2. The van der Waals surface area contributed by atoms with Gasteiger partial charge in [0, 0.05) is 23.9 Å². The largest absolute Gasteiger partial charge is 0.507 e. The van der Waals surface area contributed by atoms with Crippen molar-refractivity contribution in [2.45, 2.75) is 26.8 Å². The molecule has 0 saturated heterocycles. The van der Waals surface area contributed by atoms with E-state index in [0.29, 0.717) is 5.56 Å². The molecular weight excluding hydrogens is 200 g/mol. The Hall–Kier alpha value is -1.35. The van der Waals surface area contributed by atoms with Crippen LogP contribution in [0.3, 0.4) is 0 Å². The van der Waals surface area contributed by atoms with Crippen LogP contribution in [-0.2, 0) is 6.54 Å². The number of phenolic OH excluding ortho intramolecular Hbond substituents is 1. The number of hydrogen-bond acceptors (Lipinski definition) is 3. The molecule has 16 heavy (non-hydrogen) atoms. The topological polar surface area (TPSA) is 47.3 Å². The zero-order chi connectivity index (χ0) is 12.0. The van der Waals surface area contributed by atoms with Gasteiger partial charge in [-0.1, -0.05) is 26.0 Å². The summed E-state index contributed by atoms with van der Waals surface area (Å²) >= 11 is 0. The Morgan fingerprint density at radius 3 is 2.69 bits per heavy atom. The van der Waals surface area contributed by atoms with Crippen LogP contribution >= 0.6 is 0 Å². The number of nitrogens with one attached hydrogen (secondary N) is 1. The number of phenols is 1. The van der Waals surface area contributed by atoms with E-state index in [1.54, 1.807) is 6.07 Å². The van der Waals surface area contributed by atoms with E-state index in [9.17, 15) is 5.11 Å². The Labute approximate surface area is 97.2 Å². The van der Waals surface area contributed by atoms with Crippen LogP contribution in [0.25, 0.3) is 0 Å². The Morgan fingerprint density at radius 2 is 2.12 bits per heavy atom. The zero-order valence-electron chi connectivity index (χ0n) is 10.0. The minimum Gasteiger partial charge on any atom is -0.507 e. The molecule has 3 heteroatoms. The van der Waals surface area contributed by atoms with E-state index in [0.717, 1.165) is 31.6 Å². The number of rotatable bonds is 6. The highest BCUT2D eigenvalue weighted by molar-refractivity contribution is 5.81.